The highest BCUT2D eigenvalue weighted by Gasteiger charge is 2.17. The number of para-hydroxylation sites is 2. The van der Waals surface area contributed by atoms with Gasteiger partial charge in [0, 0.05) is 5.56 Å². The number of hydrazine groups is 1. The normalized spacial score (nSPS) is 11.9. The molecule has 0 saturated carbocycles. The Morgan fingerprint density at radius 1 is 1.00 bits per heavy atom. The van der Waals surface area contributed by atoms with Gasteiger partial charge in [-0.1, -0.05) is 30.3 Å². The lowest BCUT2D eigenvalue weighted by Crippen LogP contribution is -2.44. The first-order valence-corrected chi connectivity index (χ1v) is 7.23. The largest absolute Gasteiger partial charge is 0.318 e. The van der Waals surface area contributed by atoms with Crippen LogP contribution in [0.2, 0.25) is 0 Å². The molecule has 1 atom stereocenters. The van der Waals surface area contributed by atoms with Crippen LogP contribution < -0.4 is 10.9 Å². The average molecular weight is 308 g/mol. The summed E-state index contributed by atoms with van der Waals surface area (Å²) in [5.41, 5.74) is 7.03. The third-order valence-corrected chi connectivity index (χ3v) is 3.61. The third-order valence-electron chi connectivity index (χ3n) is 3.61. The van der Waals surface area contributed by atoms with Gasteiger partial charge in [0.2, 0.25) is 0 Å². The van der Waals surface area contributed by atoms with Crippen molar-refractivity contribution in [2.75, 3.05) is 0 Å². The first-order valence-electron chi connectivity index (χ1n) is 7.23. The number of rotatable bonds is 3. The number of imidazole rings is 1. The van der Waals surface area contributed by atoms with Crippen molar-refractivity contribution in [2.24, 2.45) is 0 Å². The molecule has 0 radical (unpaired) electrons. The van der Waals surface area contributed by atoms with E-state index < -0.39 is 6.04 Å². The van der Waals surface area contributed by atoms with Crippen LogP contribution in [0.15, 0.2) is 60.9 Å². The van der Waals surface area contributed by atoms with E-state index in [4.69, 9.17) is 0 Å². The topological polar surface area (TPSA) is 76.0 Å². The van der Waals surface area contributed by atoms with Gasteiger partial charge < -0.3 is 4.57 Å². The molecule has 2 N–H and O–H groups in total. The summed E-state index contributed by atoms with van der Waals surface area (Å²) in [6, 6.07) is 15.8. The van der Waals surface area contributed by atoms with Gasteiger partial charge in [-0.25, -0.2) is 4.98 Å². The van der Waals surface area contributed by atoms with Gasteiger partial charge >= 0.3 is 0 Å². The Hall–Kier alpha value is -3.15. The van der Waals surface area contributed by atoms with Gasteiger partial charge in [-0.15, -0.1) is 0 Å². The number of hydrogen-bond acceptors (Lipinski definition) is 3. The van der Waals surface area contributed by atoms with Crippen LogP contribution >= 0.6 is 0 Å². The Morgan fingerprint density at radius 2 is 1.70 bits per heavy atom. The van der Waals surface area contributed by atoms with Crippen LogP contribution in [0.25, 0.3) is 11.0 Å². The quantitative estimate of drug-likeness (QED) is 0.727. The van der Waals surface area contributed by atoms with Crippen LogP contribution in [0.3, 0.4) is 0 Å². The minimum Gasteiger partial charge on any atom is -0.318 e. The van der Waals surface area contributed by atoms with E-state index in [0.717, 1.165) is 11.0 Å². The zero-order valence-corrected chi connectivity index (χ0v) is 12.6. The number of amides is 2. The highest BCUT2D eigenvalue weighted by Crippen LogP contribution is 2.17. The van der Waals surface area contributed by atoms with Crippen LogP contribution in [-0.4, -0.2) is 21.4 Å². The molecular formula is C17H16N4O2. The smallest absolute Gasteiger partial charge is 0.269 e. The molecule has 0 saturated heterocycles. The maximum Gasteiger partial charge on any atom is 0.269 e. The van der Waals surface area contributed by atoms with Crippen molar-refractivity contribution in [3.05, 3.63) is 66.5 Å². The molecule has 3 rings (SSSR count). The molecule has 2 amide bonds. The lowest BCUT2D eigenvalue weighted by atomic mass is 10.2. The van der Waals surface area contributed by atoms with E-state index in [2.05, 4.69) is 15.8 Å². The summed E-state index contributed by atoms with van der Waals surface area (Å²) in [6.07, 6.45) is 1.62. The fourth-order valence-corrected chi connectivity index (χ4v) is 2.30. The molecule has 1 aromatic heterocycles. The number of benzene rings is 2. The highest BCUT2D eigenvalue weighted by atomic mass is 16.2. The van der Waals surface area contributed by atoms with Gasteiger partial charge in [-0.05, 0) is 31.2 Å². The minimum atomic E-state index is -0.501. The number of fused-ring (bicyclic) bond motifs is 1. The molecule has 3 aromatic rings. The summed E-state index contributed by atoms with van der Waals surface area (Å²) in [5, 5.41) is 0. The second-order valence-electron chi connectivity index (χ2n) is 5.13. The zero-order chi connectivity index (χ0) is 16.2. The van der Waals surface area contributed by atoms with Crippen molar-refractivity contribution < 1.29 is 9.59 Å². The Bertz CT molecular complexity index is 842. The lowest BCUT2D eigenvalue weighted by molar-refractivity contribution is -0.124. The summed E-state index contributed by atoms with van der Waals surface area (Å²) < 4.78 is 1.76. The number of aromatic nitrogens is 2. The molecule has 0 bridgehead atoms. The summed E-state index contributed by atoms with van der Waals surface area (Å²) in [7, 11) is 0. The Kier molecular flexibility index (Phi) is 4.05. The van der Waals surface area contributed by atoms with E-state index in [9.17, 15) is 9.59 Å². The molecule has 0 aliphatic heterocycles. The second kappa shape index (κ2) is 6.31. The number of nitrogens with zero attached hydrogens (tertiary/aromatic N) is 2. The maximum absolute atomic E-state index is 12.2. The summed E-state index contributed by atoms with van der Waals surface area (Å²) in [6.45, 7) is 1.75. The van der Waals surface area contributed by atoms with Crippen LogP contribution in [0.4, 0.5) is 0 Å². The van der Waals surface area contributed by atoms with Crippen molar-refractivity contribution >= 4 is 22.8 Å². The maximum atomic E-state index is 12.2. The van der Waals surface area contributed by atoms with E-state index in [0.29, 0.717) is 5.56 Å². The molecule has 0 fully saturated rings. The zero-order valence-electron chi connectivity index (χ0n) is 12.6. The molecule has 116 valence electrons. The molecule has 1 unspecified atom stereocenters. The predicted molar refractivity (Wildman–Crippen MR) is 86.5 cm³/mol. The molecule has 6 heteroatoms. The molecule has 0 aliphatic carbocycles. The molecule has 0 spiro atoms. The van der Waals surface area contributed by atoms with Crippen molar-refractivity contribution in [1.82, 2.24) is 20.4 Å². The highest BCUT2D eigenvalue weighted by molar-refractivity contribution is 5.95. The number of carbonyl (C=O) groups is 2. The van der Waals surface area contributed by atoms with E-state index in [-0.39, 0.29) is 11.8 Å². The molecule has 0 aliphatic rings. The molecule has 2 aromatic carbocycles. The van der Waals surface area contributed by atoms with Crippen LogP contribution in [0.5, 0.6) is 0 Å². The van der Waals surface area contributed by atoms with E-state index in [1.165, 1.54) is 0 Å². The lowest BCUT2D eigenvalue weighted by Gasteiger charge is -2.15. The van der Waals surface area contributed by atoms with Crippen molar-refractivity contribution in [3.8, 4) is 0 Å². The first kappa shape index (κ1) is 14.8. The van der Waals surface area contributed by atoms with Gasteiger partial charge in [0.05, 0.1) is 17.4 Å². The van der Waals surface area contributed by atoms with E-state index in [1.807, 2.05) is 30.3 Å². The summed E-state index contributed by atoms with van der Waals surface area (Å²) >= 11 is 0. The van der Waals surface area contributed by atoms with Crippen molar-refractivity contribution in [1.29, 1.82) is 0 Å². The predicted octanol–water partition coefficient (Wildman–Crippen LogP) is 2.06. The Balaban J connectivity index is 1.67. The number of nitrogens with one attached hydrogen (secondary N) is 2. The third kappa shape index (κ3) is 3.06. The standard InChI is InChI=1S/C17H16N4O2/c1-12(21-11-18-14-9-5-6-10-15(14)21)16(22)19-20-17(23)13-7-3-2-4-8-13/h2-12H,1H3,(H,19,22)(H,20,23). The van der Waals surface area contributed by atoms with Gasteiger partial charge in [0.1, 0.15) is 6.04 Å². The van der Waals surface area contributed by atoms with E-state index >= 15 is 0 Å². The summed E-state index contributed by atoms with van der Waals surface area (Å²) in [4.78, 5) is 28.4. The molecular weight excluding hydrogens is 292 g/mol. The van der Waals surface area contributed by atoms with Gasteiger partial charge in [0.15, 0.2) is 0 Å². The van der Waals surface area contributed by atoms with E-state index in [1.54, 1.807) is 42.1 Å². The van der Waals surface area contributed by atoms with Gasteiger partial charge in [-0.3, -0.25) is 20.4 Å². The average Bonchev–Trinajstić information content (AvgIpc) is 3.03. The minimum absolute atomic E-state index is 0.322. The van der Waals surface area contributed by atoms with Gasteiger partial charge in [0.25, 0.3) is 11.8 Å². The van der Waals surface area contributed by atoms with Gasteiger partial charge in [-0.2, -0.15) is 0 Å². The SMILES string of the molecule is CC(C(=O)NNC(=O)c1ccccc1)n1cnc2ccccc21. The monoisotopic (exact) mass is 308 g/mol. The molecule has 23 heavy (non-hydrogen) atoms. The first-order chi connectivity index (χ1) is 11.2. The number of carbonyl (C=O) groups excluding carboxylic acids is 2. The molecule has 6 nitrogen and oxygen atoms in total. The molecule has 1 heterocycles. The van der Waals surface area contributed by atoms with Crippen molar-refractivity contribution in [2.45, 2.75) is 13.0 Å². The van der Waals surface area contributed by atoms with Crippen LogP contribution in [-0.2, 0) is 4.79 Å². The fourth-order valence-electron chi connectivity index (χ4n) is 2.30. The van der Waals surface area contributed by atoms with Crippen LogP contribution in [0.1, 0.15) is 23.3 Å². The Labute approximate surface area is 133 Å². The summed E-state index contributed by atoms with van der Waals surface area (Å²) in [5.74, 6) is -0.681. The van der Waals surface area contributed by atoms with Crippen LogP contribution in [0, 0.1) is 0 Å². The second-order valence-corrected chi connectivity index (χ2v) is 5.13. The fraction of sp³-hybridized carbons (Fsp3) is 0.118. The number of hydrogen-bond donors (Lipinski definition) is 2. The Morgan fingerprint density at radius 3 is 2.48 bits per heavy atom. The van der Waals surface area contributed by atoms with Crippen molar-refractivity contribution in [3.63, 3.8) is 0 Å².